The van der Waals surface area contributed by atoms with Gasteiger partial charge in [-0.05, 0) is 47.6 Å². The first kappa shape index (κ1) is 11.9. The Morgan fingerprint density at radius 3 is 1.76 bits per heavy atom. The fourth-order valence-electron chi connectivity index (χ4n) is 2.37. The zero-order valence-electron chi connectivity index (χ0n) is 11.0. The van der Waals surface area contributed by atoms with Crippen molar-refractivity contribution in [2.45, 2.75) is 33.6 Å². The minimum absolute atomic E-state index is 1.11. The van der Waals surface area contributed by atoms with Crippen molar-refractivity contribution < 1.29 is 0 Å². The van der Waals surface area contributed by atoms with Crippen molar-refractivity contribution in [1.29, 1.82) is 0 Å². The average molecular weight is 224 g/mol. The predicted octanol–water partition coefficient (Wildman–Crippen LogP) is 4.79. The lowest BCUT2D eigenvalue weighted by atomic mass is 9.93. The summed E-state index contributed by atoms with van der Waals surface area (Å²) in [6.07, 6.45) is 2.22. The summed E-state index contributed by atoms with van der Waals surface area (Å²) in [6, 6.07) is 15.3. The Morgan fingerprint density at radius 2 is 1.29 bits per heavy atom. The average Bonchev–Trinajstić information content (AvgIpc) is 2.40. The maximum atomic E-state index is 2.34. The highest BCUT2D eigenvalue weighted by molar-refractivity contribution is 5.66. The second-order valence-electron chi connectivity index (χ2n) is 4.49. The minimum atomic E-state index is 1.11. The molecule has 0 aliphatic heterocycles. The molecule has 0 bridgehead atoms. The van der Waals surface area contributed by atoms with E-state index in [4.69, 9.17) is 0 Å². The minimum Gasteiger partial charge on any atom is -0.0622 e. The fourth-order valence-corrected chi connectivity index (χ4v) is 2.37. The number of hydrogen-bond acceptors (Lipinski definition) is 0. The Morgan fingerprint density at radius 1 is 0.765 bits per heavy atom. The van der Waals surface area contributed by atoms with Gasteiger partial charge in [-0.3, -0.25) is 0 Å². The Kier molecular flexibility index (Phi) is 3.63. The standard InChI is InChI=1S/C17H20/c1-4-14-11-17(12-15(5-2)13(14)3)16-9-7-6-8-10-16/h6-12H,4-5H2,1-3H3. The molecule has 0 heterocycles. The van der Waals surface area contributed by atoms with Crippen LogP contribution in [0, 0.1) is 6.92 Å². The molecular formula is C17H20. The van der Waals surface area contributed by atoms with Gasteiger partial charge in [-0.25, -0.2) is 0 Å². The summed E-state index contributed by atoms with van der Waals surface area (Å²) in [5.74, 6) is 0. The molecule has 0 saturated heterocycles. The topological polar surface area (TPSA) is 0 Å². The highest BCUT2D eigenvalue weighted by Crippen LogP contribution is 2.26. The fraction of sp³-hybridized carbons (Fsp3) is 0.294. The van der Waals surface area contributed by atoms with Crippen molar-refractivity contribution in [3.63, 3.8) is 0 Å². The van der Waals surface area contributed by atoms with Crippen LogP contribution in [0.5, 0.6) is 0 Å². The van der Waals surface area contributed by atoms with Crippen LogP contribution in [0.4, 0.5) is 0 Å². The van der Waals surface area contributed by atoms with E-state index in [1.165, 1.54) is 27.8 Å². The molecule has 0 aliphatic rings. The van der Waals surface area contributed by atoms with Crippen molar-refractivity contribution in [1.82, 2.24) is 0 Å². The molecule has 17 heavy (non-hydrogen) atoms. The van der Waals surface area contributed by atoms with E-state index < -0.39 is 0 Å². The monoisotopic (exact) mass is 224 g/mol. The molecule has 0 N–H and O–H groups in total. The Balaban J connectivity index is 2.56. The number of hydrogen-bond donors (Lipinski definition) is 0. The van der Waals surface area contributed by atoms with Crippen LogP contribution in [0.25, 0.3) is 11.1 Å². The van der Waals surface area contributed by atoms with Crippen molar-refractivity contribution in [3.8, 4) is 11.1 Å². The quantitative estimate of drug-likeness (QED) is 0.703. The van der Waals surface area contributed by atoms with Crippen molar-refractivity contribution in [2.24, 2.45) is 0 Å². The molecule has 2 aromatic carbocycles. The van der Waals surface area contributed by atoms with Gasteiger partial charge in [-0.15, -0.1) is 0 Å². The summed E-state index contributed by atoms with van der Waals surface area (Å²) >= 11 is 0. The largest absolute Gasteiger partial charge is 0.0622 e. The normalized spacial score (nSPS) is 10.5. The van der Waals surface area contributed by atoms with E-state index >= 15 is 0 Å². The van der Waals surface area contributed by atoms with Gasteiger partial charge in [0.05, 0.1) is 0 Å². The highest BCUT2D eigenvalue weighted by atomic mass is 14.1. The maximum absolute atomic E-state index is 2.34. The third kappa shape index (κ3) is 2.41. The van der Waals surface area contributed by atoms with Gasteiger partial charge >= 0.3 is 0 Å². The van der Waals surface area contributed by atoms with Crippen LogP contribution in [0.3, 0.4) is 0 Å². The van der Waals surface area contributed by atoms with E-state index in [1.807, 2.05) is 0 Å². The summed E-state index contributed by atoms with van der Waals surface area (Å²) in [5.41, 5.74) is 7.09. The molecule has 0 heteroatoms. The first-order valence-corrected chi connectivity index (χ1v) is 6.44. The van der Waals surface area contributed by atoms with Gasteiger partial charge in [0.2, 0.25) is 0 Å². The van der Waals surface area contributed by atoms with Gasteiger partial charge < -0.3 is 0 Å². The van der Waals surface area contributed by atoms with Gasteiger partial charge in [-0.2, -0.15) is 0 Å². The van der Waals surface area contributed by atoms with Crippen LogP contribution in [-0.2, 0) is 12.8 Å². The third-order valence-electron chi connectivity index (χ3n) is 3.49. The molecule has 0 aromatic heterocycles. The highest BCUT2D eigenvalue weighted by Gasteiger charge is 2.06. The van der Waals surface area contributed by atoms with E-state index in [0.29, 0.717) is 0 Å². The molecule has 2 rings (SSSR count). The van der Waals surface area contributed by atoms with Gasteiger partial charge in [-0.1, -0.05) is 56.3 Å². The van der Waals surface area contributed by atoms with Crippen LogP contribution in [-0.4, -0.2) is 0 Å². The van der Waals surface area contributed by atoms with E-state index in [0.717, 1.165) is 12.8 Å². The molecule has 0 aliphatic carbocycles. The first-order valence-electron chi connectivity index (χ1n) is 6.44. The van der Waals surface area contributed by atoms with Gasteiger partial charge in [0.15, 0.2) is 0 Å². The molecule has 0 saturated carbocycles. The molecule has 0 atom stereocenters. The Hall–Kier alpha value is -1.56. The van der Waals surface area contributed by atoms with Crippen molar-refractivity contribution >= 4 is 0 Å². The Labute approximate surface area is 104 Å². The molecule has 0 nitrogen and oxygen atoms in total. The Bertz CT molecular complexity index is 470. The van der Waals surface area contributed by atoms with Crippen LogP contribution in [0.1, 0.15) is 30.5 Å². The zero-order valence-corrected chi connectivity index (χ0v) is 11.0. The molecule has 0 unspecified atom stereocenters. The van der Waals surface area contributed by atoms with Gasteiger partial charge in [0.25, 0.3) is 0 Å². The van der Waals surface area contributed by atoms with E-state index in [2.05, 4.69) is 63.2 Å². The van der Waals surface area contributed by atoms with Crippen LogP contribution in [0.2, 0.25) is 0 Å². The first-order chi connectivity index (χ1) is 8.26. The molecule has 0 spiro atoms. The molecule has 0 fully saturated rings. The summed E-state index contributed by atoms with van der Waals surface area (Å²) in [5, 5.41) is 0. The maximum Gasteiger partial charge on any atom is -0.0178 e. The predicted molar refractivity (Wildman–Crippen MR) is 75.4 cm³/mol. The zero-order chi connectivity index (χ0) is 12.3. The van der Waals surface area contributed by atoms with E-state index in [1.54, 1.807) is 0 Å². The van der Waals surface area contributed by atoms with E-state index in [-0.39, 0.29) is 0 Å². The molecular weight excluding hydrogens is 204 g/mol. The summed E-state index contributed by atoms with van der Waals surface area (Å²) in [7, 11) is 0. The third-order valence-corrected chi connectivity index (χ3v) is 3.49. The van der Waals surface area contributed by atoms with E-state index in [9.17, 15) is 0 Å². The SMILES string of the molecule is CCc1cc(-c2ccccc2)cc(CC)c1C. The summed E-state index contributed by atoms with van der Waals surface area (Å²) < 4.78 is 0. The van der Waals surface area contributed by atoms with Gasteiger partial charge in [0.1, 0.15) is 0 Å². The summed E-state index contributed by atoms with van der Waals surface area (Å²) in [4.78, 5) is 0. The lowest BCUT2D eigenvalue weighted by Crippen LogP contribution is -1.95. The lowest BCUT2D eigenvalue weighted by Gasteiger charge is -2.12. The lowest BCUT2D eigenvalue weighted by molar-refractivity contribution is 1.05. The molecule has 0 radical (unpaired) electrons. The van der Waals surface area contributed by atoms with Crippen molar-refractivity contribution in [2.75, 3.05) is 0 Å². The van der Waals surface area contributed by atoms with Crippen LogP contribution < -0.4 is 0 Å². The smallest absolute Gasteiger partial charge is 0.0178 e. The molecule has 0 amide bonds. The number of benzene rings is 2. The second kappa shape index (κ2) is 5.18. The number of aryl methyl sites for hydroxylation is 2. The van der Waals surface area contributed by atoms with Gasteiger partial charge in [0, 0.05) is 0 Å². The van der Waals surface area contributed by atoms with Crippen molar-refractivity contribution in [3.05, 3.63) is 59.2 Å². The molecule has 2 aromatic rings. The summed E-state index contributed by atoms with van der Waals surface area (Å²) in [6.45, 7) is 6.71. The van der Waals surface area contributed by atoms with Crippen LogP contribution >= 0.6 is 0 Å². The number of rotatable bonds is 3. The second-order valence-corrected chi connectivity index (χ2v) is 4.49. The molecule has 88 valence electrons. The van der Waals surface area contributed by atoms with Crippen LogP contribution in [0.15, 0.2) is 42.5 Å².